The van der Waals surface area contributed by atoms with Gasteiger partial charge in [0.05, 0.1) is 6.61 Å². The number of nitrogens with one attached hydrogen (secondary N) is 1. The van der Waals surface area contributed by atoms with Crippen molar-refractivity contribution in [1.29, 1.82) is 0 Å². The Morgan fingerprint density at radius 1 is 1.04 bits per heavy atom. The molecular weight excluding hydrogens is 360 g/mol. The van der Waals surface area contributed by atoms with Gasteiger partial charge in [-0.3, -0.25) is 14.4 Å². The summed E-state index contributed by atoms with van der Waals surface area (Å²) >= 11 is 0. The van der Waals surface area contributed by atoms with Gasteiger partial charge in [0.1, 0.15) is 5.75 Å². The van der Waals surface area contributed by atoms with Crippen molar-refractivity contribution in [3.63, 3.8) is 0 Å². The first-order valence-corrected chi connectivity index (χ1v) is 8.90. The highest BCUT2D eigenvalue weighted by Gasteiger charge is 2.11. The minimum atomic E-state index is -0.841. The lowest BCUT2D eigenvalue weighted by Gasteiger charge is -2.11. The normalized spacial score (nSPS) is 10.2. The van der Waals surface area contributed by atoms with E-state index in [-0.39, 0.29) is 18.2 Å². The van der Waals surface area contributed by atoms with Crippen molar-refractivity contribution in [1.82, 2.24) is 10.2 Å². The predicted molar refractivity (Wildman–Crippen MR) is 104 cm³/mol. The molecule has 2 aromatic rings. The van der Waals surface area contributed by atoms with Crippen LogP contribution in [0.15, 0.2) is 48.5 Å². The van der Waals surface area contributed by atoms with Crippen molar-refractivity contribution in [3.8, 4) is 5.75 Å². The monoisotopic (exact) mass is 384 g/mol. The van der Waals surface area contributed by atoms with E-state index in [0.717, 1.165) is 5.56 Å². The molecule has 7 heteroatoms. The smallest absolute Gasteiger partial charge is 0.303 e. The summed E-state index contributed by atoms with van der Waals surface area (Å²) in [5.74, 6) is -0.613. The van der Waals surface area contributed by atoms with Crippen molar-refractivity contribution in [2.75, 3.05) is 20.7 Å². The molecule has 28 heavy (non-hydrogen) atoms. The first-order chi connectivity index (χ1) is 13.4. The number of carboxylic acid groups (broad SMARTS) is 1. The van der Waals surface area contributed by atoms with Gasteiger partial charge in [-0.15, -0.1) is 0 Å². The quantitative estimate of drug-likeness (QED) is 0.648. The standard InChI is InChI=1S/C21H24N2O5/c1-23(2)21(27)17-6-3-5-16(13-17)20(26)22-14-15-8-10-18(11-9-15)28-12-4-7-19(24)25/h3,5-6,8-11,13H,4,7,12,14H2,1-2H3,(H,22,26)(H,24,25). The molecule has 0 spiro atoms. The SMILES string of the molecule is CN(C)C(=O)c1cccc(C(=O)NCc2ccc(OCCCC(=O)O)cc2)c1. The zero-order valence-corrected chi connectivity index (χ0v) is 16.0. The summed E-state index contributed by atoms with van der Waals surface area (Å²) in [6.07, 6.45) is 0.522. The summed E-state index contributed by atoms with van der Waals surface area (Å²) in [6.45, 7) is 0.675. The molecule has 0 aromatic heterocycles. The molecular formula is C21H24N2O5. The highest BCUT2D eigenvalue weighted by atomic mass is 16.5. The second kappa shape index (κ2) is 10.1. The van der Waals surface area contributed by atoms with Gasteiger partial charge in [-0.1, -0.05) is 18.2 Å². The third-order valence-corrected chi connectivity index (χ3v) is 3.96. The van der Waals surface area contributed by atoms with Gasteiger partial charge in [0.15, 0.2) is 0 Å². The van der Waals surface area contributed by atoms with Gasteiger partial charge in [-0.05, 0) is 42.3 Å². The van der Waals surface area contributed by atoms with Crippen molar-refractivity contribution in [3.05, 3.63) is 65.2 Å². The first kappa shape index (κ1) is 21.0. The van der Waals surface area contributed by atoms with Crippen LogP contribution in [-0.2, 0) is 11.3 Å². The average molecular weight is 384 g/mol. The van der Waals surface area contributed by atoms with Crippen LogP contribution >= 0.6 is 0 Å². The van der Waals surface area contributed by atoms with E-state index in [2.05, 4.69) is 5.32 Å². The Morgan fingerprint density at radius 3 is 2.36 bits per heavy atom. The Balaban J connectivity index is 1.86. The second-order valence-electron chi connectivity index (χ2n) is 6.45. The molecule has 0 saturated carbocycles. The molecule has 2 amide bonds. The molecule has 148 valence electrons. The minimum Gasteiger partial charge on any atom is -0.494 e. The fourth-order valence-electron chi connectivity index (χ4n) is 2.45. The largest absolute Gasteiger partial charge is 0.494 e. The molecule has 7 nitrogen and oxygen atoms in total. The van der Waals surface area contributed by atoms with Gasteiger partial charge in [-0.2, -0.15) is 0 Å². The summed E-state index contributed by atoms with van der Waals surface area (Å²) in [4.78, 5) is 36.3. The molecule has 2 aromatic carbocycles. The van der Waals surface area contributed by atoms with E-state index >= 15 is 0 Å². The lowest BCUT2D eigenvalue weighted by molar-refractivity contribution is -0.137. The molecule has 0 bridgehead atoms. The number of carbonyl (C=O) groups excluding carboxylic acids is 2. The van der Waals surface area contributed by atoms with Crippen LogP contribution < -0.4 is 10.1 Å². The van der Waals surface area contributed by atoms with Crippen LogP contribution in [0.3, 0.4) is 0 Å². The number of hydrogen-bond donors (Lipinski definition) is 2. The Morgan fingerprint density at radius 2 is 1.71 bits per heavy atom. The number of nitrogens with zero attached hydrogens (tertiary/aromatic N) is 1. The molecule has 2 N–H and O–H groups in total. The summed E-state index contributed by atoms with van der Waals surface area (Å²) in [6, 6.07) is 13.8. The molecule has 0 aliphatic rings. The van der Waals surface area contributed by atoms with Crippen LogP contribution in [0.4, 0.5) is 0 Å². The van der Waals surface area contributed by atoms with Crippen LogP contribution in [0.5, 0.6) is 5.75 Å². The maximum atomic E-state index is 12.4. The highest BCUT2D eigenvalue weighted by Crippen LogP contribution is 2.13. The average Bonchev–Trinajstić information content (AvgIpc) is 2.69. The van der Waals surface area contributed by atoms with Crippen LogP contribution in [-0.4, -0.2) is 48.5 Å². The van der Waals surface area contributed by atoms with E-state index in [1.807, 2.05) is 12.1 Å². The maximum absolute atomic E-state index is 12.4. The van der Waals surface area contributed by atoms with E-state index < -0.39 is 5.97 Å². The fraction of sp³-hybridized carbons (Fsp3) is 0.286. The number of hydrogen-bond acceptors (Lipinski definition) is 4. The number of carbonyl (C=O) groups is 3. The van der Waals surface area contributed by atoms with E-state index in [0.29, 0.717) is 36.4 Å². The number of ether oxygens (including phenoxy) is 1. The summed E-state index contributed by atoms with van der Waals surface area (Å²) in [5.41, 5.74) is 1.78. The molecule has 0 saturated heterocycles. The van der Waals surface area contributed by atoms with Gasteiger partial charge in [0.2, 0.25) is 0 Å². The summed E-state index contributed by atoms with van der Waals surface area (Å²) in [5, 5.41) is 11.4. The fourth-order valence-corrected chi connectivity index (χ4v) is 2.45. The van der Waals surface area contributed by atoms with Gasteiger partial charge in [0.25, 0.3) is 11.8 Å². The lowest BCUT2D eigenvalue weighted by atomic mass is 10.1. The Kier molecular flexibility index (Phi) is 7.56. The molecule has 0 aliphatic carbocycles. The van der Waals surface area contributed by atoms with Crippen molar-refractivity contribution in [2.24, 2.45) is 0 Å². The predicted octanol–water partition coefficient (Wildman–Crippen LogP) is 2.56. The lowest BCUT2D eigenvalue weighted by Crippen LogP contribution is -2.25. The topological polar surface area (TPSA) is 95.9 Å². The second-order valence-corrected chi connectivity index (χ2v) is 6.45. The number of amides is 2. The van der Waals surface area contributed by atoms with Crippen molar-refractivity contribution >= 4 is 17.8 Å². The summed E-state index contributed by atoms with van der Waals surface area (Å²) in [7, 11) is 3.32. The molecule has 2 rings (SSSR count). The maximum Gasteiger partial charge on any atom is 0.303 e. The molecule has 0 unspecified atom stereocenters. The Labute approximate surface area is 163 Å². The van der Waals surface area contributed by atoms with E-state index in [1.54, 1.807) is 50.5 Å². The van der Waals surface area contributed by atoms with Gasteiger partial charge >= 0.3 is 5.97 Å². The van der Waals surface area contributed by atoms with Crippen LogP contribution in [0.2, 0.25) is 0 Å². The Bertz CT molecular complexity index is 831. The van der Waals surface area contributed by atoms with Crippen molar-refractivity contribution in [2.45, 2.75) is 19.4 Å². The molecule has 0 fully saturated rings. The zero-order valence-electron chi connectivity index (χ0n) is 16.0. The molecule has 0 heterocycles. The van der Waals surface area contributed by atoms with Gasteiger partial charge in [0, 0.05) is 38.2 Å². The van der Waals surface area contributed by atoms with Crippen LogP contribution in [0, 0.1) is 0 Å². The molecule has 0 radical (unpaired) electrons. The van der Waals surface area contributed by atoms with E-state index in [1.165, 1.54) is 4.90 Å². The van der Waals surface area contributed by atoms with E-state index in [4.69, 9.17) is 9.84 Å². The van der Waals surface area contributed by atoms with E-state index in [9.17, 15) is 14.4 Å². The van der Waals surface area contributed by atoms with Crippen LogP contribution in [0.25, 0.3) is 0 Å². The molecule has 0 atom stereocenters. The molecule has 0 aliphatic heterocycles. The third-order valence-electron chi connectivity index (χ3n) is 3.96. The van der Waals surface area contributed by atoms with Crippen LogP contribution in [0.1, 0.15) is 39.1 Å². The number of rotatable bonds is 9. The van der Waals surface area contributed by atoms with Gasteiger partial charge in [-0.25, -0.2) is 0 Å². The summed E-state index contributed by atoms with van der Waals surface area (Å²) < 4.78 is 5.47. The number of aliphatic carboxylic acids is 1. The highest BCUT2D eigenvalue weighted by molar-refractivity contribution is 5.99. The number of carboxylic acids is 1. The Hall–Kier alpha value is -3.35. The minimum absolute atomic E-state index is 0.0749. The first-order valence-electron chi connectivity index (χ1n) is 8.90. The van der Waals surface area contributed by atoms with Crippen molar-refractivity contribution < 1.29 is 24.2 Å². The van der Waals surface area contributed by atoms with Gasteiger partial charge < -0.3 is 20.1 Å². The third kappa shape index (κ3) is 6.42. The number of benzene rings is 2. The zero-order chi connectivity index (χ0) is 20.5.